The zero-order chi connectivity index (χ0) is 11.7. The lowest BCUT2D eigenvalue weighted by Crippen LogP contribution is -2.29. The van der Waals surface area contributed by atoms with Gasteiger partial charge in [0.15, 0.2) is 0 Å². The summed E-state index contributed by atoms with van der Waals surface area (Å²) in [6.45, 7) is 2.25. The quantitative estimate of drug-likeness (QED) is 0.833. The van der Waals surface area contributed by atoms with Crippen molar-refractivity contribution < 1.29 is 4.42 Å². The van der Waals surface area contributed by atoms with E-state index in [1.54, 1.807) is 0 Å². The van der Waals surface area contributed by atoms with Crippen LogP contribution in [0.1, 0.15) is 25.1 Å². The van der Waals surface area contributed by atoms with Crippen molar-refractivity contribution in [1.29, 1.82) is 0 Å². The second kappa shape index (κ2) is 4.75. The fourth-order valence-electron chi connectivity index (χ4n) is 2.27. The molecule has 3 rings (SSSR count). The third-order valence-electron chi connectivity index (χ3n) is 3.25. The highest BCUT2D eigenvalue weighted by Gasteiger charge is 2.21. The molecule has 2 nitrogen and oxygen atoms in total. The molecule has 1 aliphatic heterocycles. The molecule has 1 aliphatic rings. The fourth-order valence-corrected chi connectivity index (χ4v) is 3.46. The van der Waals surface area contributed by atoms with Crippen molar-refractivity contribution in [1.82, 2.24) is 5.32 Å². The first-order valence-electron chi connectivity index (χ1n) is 6.15. The summed E-state index contributed by atoms with van der Waals surface area (Å²) in [5.41, 5.74) is 0.992. The molecule has 1 fully saturated rings. The van der Waals surface area contributed by atoms with Crippen LogP contribution in [0.4, 0.5) is 0 Å². The Hall–Kier alpha value is -0.930. The number of hydrogen-bond acceptors (Lipinski definition) is 3. The summed E-state index contributed by atoms with van der Waals surface area (Å²) in [5.74, 6) is 3.42. The van der Waals surface area contributed by atoms with Gasteiger partial charge in [0.2, 0.25) is 0 Å². The van der Waals surface area contributed by atoms with Crippen LogP contribution < -0.4 is 5.32 Å². The highest BCUT2D eigenvalue weighted by molar-refractivity contribution is 7.99. The molecular weight excluding hydrogens is 230 g/mol. The Morgan fingerprint density at radius 2 is 2.24 bits per heavy atom. The summed E-state index contributed by atoms with van der Waals surface area (Å²) >= 11 is 2.01. The molecule has 0 bridgehead atoms. The predicted molar refractivity (Wildman–Crippen MR) is 73.5 cm³/mol. The van der Waals surface area contributed by atoms with Gasteiger partial charge in [-0.3, -0.25) is 0 Å². The van der Waals surface area contributed by atoms with E-state index in [1.807, 2.05) is 23.9 Å². The minimum absolute atomic E-state index is 0.352. The summed E-state index contributed by atoms with van der Waals surface area (Å²) in [6, 6.07) is 11.3. The van der Waals surface area contributed by atoms with Crippen LogP contribution in [0.25, 0.3) is 11.0 Å². The van der Waals surface area contributed by atoms with Crippen LogP contribution >= 0.6 is 11.8 Å². The standard InChI is InChI=1S/C14H17NOS/c1-10-6-7-17-9-12(15-10)14-8-11-4-2-3-5-13(11)16-14/h2-5,8,10,12,15H,6-7,9H2,1H3. The predicted octanol–water partition coefficient (Wildman–Crippen LogP) is 3.59. The second-order valence-electron chi connectivity index (χ2n) is 4.67. The van der Waals surface area contributed by atoms with E-state index in [-0.39, 0.29) is 0 Å². The molecule has 90 valence electrons. The number of fused-ring (bicyclic) bond motifs is 1. The summed E-state index contributed by atoms with van der Waals surface area (Å²) < 4.78 is 5.94. The molecule has 2 atom stereocenters. The second-order valence-corrected chi connectivity index (χ2v) is 5.82. The smallest absolute Gasteiger partial charge is 0.134 e. The maximum absolute atomic E-state index is 5.94. The van der Waals surface area contributed by atoms with Crippen molar-refractivity contribution in [2.24, 2.45) is 0 Å². The molecule has 1 aromatic carbocycles. The zero-order valence-corrected chi connectivity index (χ0v) is 10.8. The van der Waals surface area contributed by atoms with E-state index in [0.717, 1.165) is 17.1 Å². The van der Waals surface area contributed by atoms with Gasteiger partial charge >= 0.3 is 0 Å². The molecule has 0 saturated carbocycles. The lowest BCUT2D eigenvalue weighted by molar-refractivity contribution is 0.417. The largest absolute Gasteiger partial charge is 0.459 e. The van der Waals surface area contributed by atoms with Gasteiger partial charge in [-0.1, -0.05) is 18.2 Å². The summed E-state index contributed by atoms with van der Waals surface area (Å²) in [4.78, 5) is 0. The van der Waals surface area contributed by atoms with Crippen molar-refractivity contribution in [3.63, 3.8) is 0 Å². The number of nitrogens with one attached hydrogen (secondary N) is 1. The Morgan fingerprint density at radius 1 is 1.35 bits per heavy atom. The SMILES string of the molecule is CC1CCSCC(c2cc3ccccc3o2)N1. The van der Waals surface area contributed by atoms with E-state index in [4.69, 9.17) is 4.42 Å². The van der Waals surface area contributed by atoms with E-state index in [1.165, 1.54) is 17.6 Å². The normalized spacial score (nSPS) is 25.9. The molecule has 1 N–H and O–H groups in total. The van der Waals surface area contributed by atoms with Crippen molar-refractivity contribution in [3.8, 4) is 0 Å². The molecule has 2 unspecified atom stereocenters. The Morgan fingerprint density at radius 3 is 3.12 bits per heavy atom. The first kappa shape index (κ1) is 11.2. The van der Waals surface area contributed by atoms with Crippen LogP contribution in [0, 0.1) is 0 Å². The van der Waals surface area contributed by atoms with E-state index >= 15 is 0 Å². The molecule has 0 aliphatic carbocycles. The molecule has 3 heteroatoms. The maximum Gasteiger partial charge on any atom is 0.134 e. The van der Waals surface area contributed by atoms with Crippen LogP contribution in [0.5, 0.6) is 0 Å². The molecule has 2 heterocycles. The minimum Gasteiger partial charge on any atom is -0.459 e. The van der Waals surface area contributed by atoms with E-state index in [2.05, 4.69) is 30.4 Å². The number of para-hydroxylation sites is 1. The average molecular weight is 247 g/mol. The highest BCUT2D eigenvalue weighted by Crippen LogP contribution is 2.28. The van der Waals surface area contributed by atoms with Crippen molar-refractivity contribution >= 4 is 22.7 Å². The van der Waals surface area contributed by atoms with E-state index in [0.29, 0.717) is 12.1 Å². The molecule has 17 heavy (non-hydrogen) atoms. The highest BCUT2D eigenvalue weighted by atomic mass is 32.2. The van der Waals surface area contributed by atoms with Crippen LogP contribution in [-0.4, -0.2) is 17.5 Å². The number of furan rings is 1. The molecular formula is C14H17NOS. The van der Waals surface area contributed by atoms with E-state index in [9.17, 15) is 0 Å². The Labute approximate surface area is 106 Å². The number of thioether (sulfide) groups is 1. The van der Waals surface area contributed by atoms with Crippen molar-refractivity contribution in [2.75, 3.05) is 11.5 Å². The molecule has 0 amide bonds. The number of hydrogen-bond donors (Lipinski definition) is 1. The van der Waals surface area contributed by atoms with Gasteiger partial charge < -0.3 is 9.73 Å². The van der Waals surface area contributed by atoms with Gasteiger partial charge in [-0.15, -0.1) is 0 Å². The number of benzene rings is 1. The third-order valence-corrected chi connectivity index (χ3v) is 4.35. The van der Waals surface area contributed by atoms with Crippen molar-refractivity contribution in [2.45, 2.75) is 25.4 Å². The average Bonchev–Trinajstić information content (AvgIpc) is 2.65. The van der Waals surface area contributed by atoms with Crippen LogP contribution in [0.15, 0.2) is 34.7 Å². The molecule has 0 spiro atoms. The van der Waals surface area contributed by atoms with Gasteiger partial charge in [-0.05, 0) is 31.2 Å². The Kier molecular flexibility index (Phi) is 3.12. The van der Waals surface area contributed by atoms with Gasteiger partial charge in [-0.25, -0.2) is 0 Å². The number of rotatable bonds is 1. The lowest BCUT2D eigenvalue weighted by Gasteiger charge is -2.16. The monoisotopic (exact) mass is 247 g/mol. The van der Waals surface area contributed by atoms with Gasteiger partial charge in [-0.2, -0.15) is 11.8 Å². The summed E-state index contributed by atoms with van der Waals surface area (Å²) in [7, 11) is 0. The summed E-state index contributed by atoms with van der Waals surface area (Å²) in [5, 5.41) is 4.84. The topological polar surface area (TPSA) is 25.2 Å². The van der Waals surface area contributed by atoms with Crippen LogP contribution in [0.3, 0.4) is 0 Å². The maximum atomic E-state index is 5.94. The molecule has 2 aromatic rings. The van der Waals surface area contributed by atoms with Gasteiger partial charge in [0.1, 0.15) is 11.3 Å². The first-order chi connectivity index (χ1) is 8.33. The Balaban J connectivity index is 1.91. The molecule has 0 radical (unpaired) electrons. The molecule has 1 aromatic heterocycles. The first-order valence-corrected chi connectivity index (χ1v) is 7.30. The van der Waals surface area contributed by atoms with Crippen LogP contribution in [-0.2, 0) is 0 Å². The minimum atomic E-state index is 0.352. The molecule has 1 saturated heterocycles. The zero-order valence-electron chi connectivity index (χ0n) is 9.98. The van der Waals surface area contributed by atoms with Gasteiger partial charge in [0.25, 0.3) is 0 Å². The van der Waals surface area contributed by atoms with E-state index < -0.39 is 0 Å². The Bertz CT molecular complexity index is 475. The van der Waals surface area contributed by atoms with Gasteiger partial charge in [0.05, 0.1) is 6.04 Å². The van der Waals surface area contributed by atoms with Crippen molar-refractivity contribution in [3.05, 3.63) is 36.1 Å². The third kappa shape index (κ3) is 2.35. The lowest BCUT2D eigenvalue weighted by atomic mass is 10.2. The fraction of sp³-hybridized carbons (Fsp3) is 0.429. The van der Waals surface area contributed by atoms with Gasteiger partial charge in [0, 0.05) is 17.2 Å². The van der Waals surface area contributed by atoms with Crippen LogP contribution in [0.2, 0.25) is 0 Å². The summed E-state index contributed by atoms with van der Waals surface area (Å²) in [6.07, 6.45) is 1.24.